The monoisotopic (exact) mass is 445 g/mol. The van der Waals surface area contributed by atoms with Crippen molar-refractivity contribution in [3.63, 3.8) is 0 Å². The van der Waals surface area contributed by atoms with Gasteiger partial charge in [0.1, 0.15) is 0 Å². The standard InChI is InChI=1S/C28H35N3O2/c32-27(29-24-10-14-33-15-11-24)23-8-9-26-25(16-23)28(12-13-30(19-28)17-22-6-7-22)20-31(26)18-21-4-2-1-3-5-21/h1-5,8-9,16,22,24H,6-7,10-15,17-20H2,(H,29,32). The minimum absolute atomic E-state index is 0.0641. The van der Waals surface area contributed by atoms with Gasteiger partial charge in [-0.1, -0.05) is 30.3 Å². The molecule has 1 N–H and O–H groups in total. The summed E-state index contributed by atoms with van der Waals surface area (Å²) in [5.74, 6) is 0.979. The molecular weight excluding hydrogens is 410 g/mol. The van der Waals surface area contributed by atoms with Gasteiger partial charge in [-0.15, -0.1) is 0 Å². The molecule has 2 aromatic rings. The number of hydrogen-bond acceptors (Lipinski definition) is 4. The Morgan fingerprint density at radius 2 is 1.85 bits per heavy atom. The molecule has 4 aliphatic rings. The molecule has 1 unspecified atom stereocenters. The lowest BCUT2D eigenvalue weighted by atomic mass is 9.81. The highest BCUT2D eigenvalue weighted by Crippen LogP contribution is 2.48. The number of carbonyl (C=O) groups excluding carboxylic acids is 1. The number of anilines is 1. The molecule has 3 heterocycles. The molecular formula is C28H35N3O2. The topological polar surface area (TPSA) is 44.8 Å². The summed E-state index contributed by atoms with van der Waals surface area (Å²) in [5, 5.41) is 3.26. The second-order valence-electron chi connectivity index (χ2n) is 10.6. The Morgan fingerprint density at radius 3 is 2.64 bits per heavy atom. The molecule has 3 aliphatic heterocycles. The van der Waals surface area contributed by atoms with Crippen molar-refractivity contribution in [1.29, 1.82) is 0 Å². The highest BCUT2D eigenvalue weighted by atomic mass is 16.5. The third-order valence-corrected chi connectivity index (χ3v) is 8.08. The lowest BCUT2D eigenvalue weighted by Gasteiger charge is -2.27. The predicted octanol–water partition coefficient (Wildman–Crippen LogP) is 3.97. The van der Waals surface area contributed by atoms with E-state index in [0.29, 0.717) is 0 Å². The first-order valence-electron chi connectivity index (χ1n) is 12.7. The molecule has 1 atom stereocenters. The molecule has 1 amide bonds. The van der Waals surface area contributed by atoms with E-state index in [-0.39, 0.29) is 17.4 Å². The maximum atomic E-state index is 13.1. The Hall–Kier alpha value is -2.37. The Balaban J connectivity index is 1.27. The molecule has 1 saturated carbocycles. The second kappa shape index (κ2) is 8.77. The smallest absolute Gasteiger partial charge is 0.251 e. The second-order valence-corrected chi connectivity index (χ2v) is 10.6. The summed E-state index contributed by atoms with van der Waals surface area (Å²) >= 11 is 0. The van der Waals surface area contributed by atoms with Crippen LogP contribution in [0, 0.1) is 5.92 Å². The van der Waals surface area contributed by atoms with E-state index in [4.69, 9.17) is 4.74 Å². The van der Waals surface area contributed by atoms with E-state index in [1.807, 2.05) is 6.07 Å². The Bertz CT molecular complexity index is 999. The Morgan fingerprint density at radius 1 is 1.03 bits per heavy atom. The summed E-state index contributed by atoms with van der Waals surface area (Å²) in [6.07, 6.45) is 5.79. The fraction of sp³-hybridized carbons (Fsp3) is 0.536. The summed E-state index contributed by atoms with van der Waals surface area (Å²) in [4.78, 5) is 18.4. The van der Waals surface area contributed by atoms with Crippen LogP contribution in [0.25, 0.3) is 0 Å². The van der Waals surface area contributed by atoms with Gasteiger partial charge in [0, 0.05) is 62.1 Å². The normalized spacial score (nSPS) is 25.5. The predicted molar refractivity (Wildman–Crippen MR) is 131 cm³/mol. The van der Waals surface area contributed by atoms with Crippen LogP contribution in [0.4, 0.5) is 5.69 Å². The van der Waals surface area contributed by atoms with Crippen molar-refractivity contribution >= 4 is 11.6 Å². The van der Waals surface area contributed by atoms with Gasteiger partial charge in [-0.25, -0.2) is 0 Å². The summed E-state index contributed by atoms with van der Waals surface area (Å²) in [5.41, 5.74) is 4.98. The third-order valence-electron chi connectivity index (χ3n) is 8.08. The van der Waals surface area contributed by atoms with E-state index in [1.165, 1.54) is 49.2 Å². The number of carbonyl (C=O) groups is 1. The van der Waals surface area contributed by atoms with E-state index in [2.05, 4.69) is 57.6 Å². The van der Waals surface area contributed by atoms with E-state index in [9.17, 15) is 4.79 Å². The van der Waals surface area contributed by atoms with Crippen LogP contribution in [-0.4, -0.2) is 56.2 Å². The van der Waals surface area contributed by atoms with Gasteiger partial charge in [-0.2, -0.15) is 0 Å². The fourth-order valence-corrected chi connectivity index (χ4v) is 6.10. The van der Waals surface area contributed by atoms with Crippen molar-refractivity contribution in [2.75, 3.05) is 44.3 Å². The molecule has 1 spiro atoms. The number of fused-ring (bicyclic) bond motifs is 2. The molecule has 5 heteroatoms. The van der Waals surface area contributed by atoms with E-state index >= 15 is 0 Å². The first kappa shape index (κ1) is 21.2. The number of nitrogens with zero attached hydrogens (tertiary/aromatic N) is 2. The van der Waals surface area contributed by atoms with E-state index in [1.54, 1.807) is 0 Å². The highest BCUT2D eigenvalue weighted by Gasteiger charge is 2.48. The molecule has 0 aromatic heterocycles. The average molecular weight is 446 g/mol. The van der Waals surface area contributed by atoms with Gasteiger partial charge in [0.05, 0.1) is 0 Å². The van der Waals surface area contributed by atoms with Crippen molar-refractivity contribution < 1.29 is 9.53 Å². The van der Waals surface area contributed by atoms with Crippen LogP contribution in [0.15, 0.2) is 48.5 Å². The van der Waals surface area contributed by atoms with Gasteiger partial charge < -0.3 is 19.9 Å². The molecule has 5 nitrogen and oxygen atoms in total. The van der Waals surface area contributed by atoms with Crippen LogP contribution in [-0.2, 0) is 16.7 Å². The largest absolute Gasteiger partial charge is 0.381 e. The highest BCUT2D eigenvalue weighted by molar-refractivity contribution is 5.95. The first-order valence-corrected chi connectivity index (χ1v) is 12.7. The summed E-state index contributed by atoms with van der Waals surface area (Å²) < 4.78 is 5.45. The molecule has 33 heavy (non-hydrogen) atoms. The van der Waals surface area contributed by atoms with Gasteiger partial charge in [-0.3, -0.25) is 4.79 Å². The SMILES string of the molecule is O=C(NC1CCOCC1)c1ccc2c(c1)C1(CCN(CC3CC3)C1)CN2Cc1ccccc1. The number of hydrogen-bond donors (Lipinski definition) is 1. The van der Waals surface area contributed by atoms with Crippen molar-refractivity contribution in [3.05, 3.63) is 65.2 Å². The lowest BCUT2D eigenvalue weighted by molar-refractivity contribution is 0.0696. The Kier molecular flexibility index (Phi) is 5.63. The fourth-order valence-electron chi connectivity index (χ4n) is 6.10. The number of ether oxygens (including phenoxy) is 1. The number of amides is 1. The molecule has 3 fully saturated rings. The number of nitrogens with one attached hydrogen (secondary N) is 1. The average Bonchev–Trinajstić information content (AvgIpc) is 3.50. The molecule has 6 rings (SSSR count). The van der Waals surface area contributed by atoms with Crippen LogP contribution < -0.4 is 10.2 Å². The number of rotatable bonds is 6. The van der Waals surface area contributed by atoms with Crippen LogP contribution in [0.2, 0.25) is 0 Å². The molecule has 2 aromatic carbocycles. The zero-order chi connectivity index (χ0) is 22.3. The summed E-state index contributed by atoms with van der Waals surface area (Å²) in [6.45, 7) is 6.99. The third kappa shape index (κ3) is 4.41. The lowest BCUT2D eigenvalue weighted by Crippen LogP contribution is -2.39. The molecule has 2 saturated heterocycles. The number of likely N-dealkylation sites (tertiary alicyclic amines) is 1. The Labute approximate surface area is 197 Å². The summed E-state index contributed by atoms with van der Waals surface area (Å²) in [6, 6.07) is 17.4. The van der Waals surface area contributed by atoms with Gasteiger partial charge in [-0.05, 0) is 73.9 Å². The van der Waals surface area contributed by atoms with Gasteiger partial charge in [0.25, 0.3) is 5.91 Å². The zero-order valence-corrected chi connectivity index (χ0v) is 19.5. The molecule has 0 bridgehead atoms. The minimum Gasteiger partial charge on any atom is -0.381 e. The van der Waals surface area contributed by atoms with Gasteiger partial charge in [0.15, 0.2) is 0 Å². The summed E-state index contributed by atoms with van der Waals surface area (Å²) in [7, 11) is 0. The van der Waals surface area contributed by atoms with Gasteiger partial charge in [0.2, 0.25) is 0 Å². The van der Waals surface area contributed by atoms with Crippen molar-refractivity contribution in [1.82, 2.24) is 10.2 Å². The van der Waals surface area contributed by atoms with Crippen molar-refractivity contribution in [3.8, 4) is 0 Å². The van der Waals surface area contributed by atoms with E-state index in [0.717, 1.165) is 57.2 Å². The van der Waals surface area contributed by atoms with Crippen molar-refractivity contribution in [2.45, 2.75) is 50.1 Å². The van der Waals surface area contributed by atoms with Gasteiger partial charge >= 0.3 is 0 Å². The number of benzene rings is 2. The molecule has 1 aliphatic carbocycles. The van der Waals surface area contributed by atoms with Crippen molar-refractivity contribution in [2.24, 2.45) is 5.92 Å². The quantitative estimate of drug-likeness (QED) is 0.731. The molecule has 174 valence electrons. The van der Waals surface area contributed by atoms with Crippen LogP contribution >= 0.6 is 0 Å². The van der Waals surface area contributed by atoms with Crippen LogP contribution in [0.5, 0.6) is 0 Å². The van der Waals surface area contributed by atoms with E-state index < -0.39 is 0 Å². The van der Waals surface area contributed by atoms with Crippen LogP contribution in [0.1, 0.15) is 53.6 Å². The maximum absolute atomic E-state index is 13.1. The first-order chi connectivity index (χ1) is 16.2. The molecule has 0 radical (unpaired) electrons. The van der Waals surface area contributed by atoms with Crippen LogP contribution in [0.3, 0.4) is 0 Å². The maximum Gasteiger partial charge on any atom is 0.251 e. The zero-order valence-electron chi connectivity index (χ0n) is 19.5. The minimum atomic E-state index is 0.0641.